The molecule has 1 atom stereocenters. The summed E-state index contributed by atoms with van der Waals surface area (Å²) in [5.74, 6) is 5.58. The van der Waals surface area contributed by atoms with E-state index in [1.807, 2.05) is 6.92 Å². The smallest absolute Gasteiger partial charge is 0.151 e. The van der Waals surface area contributed by atoms with Gasteiger partial charge in [-0.05, 0) is 19.1 Å². The lowest BCUT2D eigenvalue weighted by molar-refractivity contribution is 0.543. The molecule has 0 saturated heterocycles. The molecule has 0 aliphatic carbocycles. The third-order valence-electron chi connectivity index (χ3n) is 2.47. The number of aryl methyl sites for hydroxylation is 1. The number of rotatable bonds is 3. The van der Waals surface area contributed by atoms with Gasteiger partial charge in [-0.25, -0.2) is 19.8 Å². The first-order chi connectivity index (χ1) is 8.22. The highest BCUT2D eigenvalue weighted by Crippen LogP contribution is 2.21. The van der Waals surface area contributed by atoms with E-state index in [2.05, 4.69) is 15.4 Å². The molecule has 5 heteroatoms. The zero-order valence-corrected chi connectivity index (χ0v) is 9.39. The second-order valence-corrected chi connectivity index (χ2v) is 3.73. The van der Waals surface area contributed by atoms with Crippen molar-refractivity contribution in [2.75, 3.05) is 0 Å². The molecule has 0 spiro atoms. The molecule has 0 amide bonds. The minimum Gasteiger partial charge on any atom is -0.270 e. The van der Waals surface area contributed by atoms with Gasteiger partial charge in [0, 0.05) is 18.0 Å². The summed E-state index contributed by atoms with van der Waals surface area (Å²) in [5.41, 5.74) is 3.94. The van der Waals surface area contributed by atoms with Crippen molar-refractivity contribution in [2.45, 2.75) is 13.0 Å². The fraction of sp³-hybridized carbons (Fsp3) is 0.167. The zero-order valence-electron chi connectivity index (χ0n) is 9.39. The van der Waals surface area contributed by atoms with E-state index in [1.54, 1.807) is 30.6 Å². The normalized spacial score (nSPS) is 12.4. The van der Waals surface area contributed by atoms with Crippen LogP contribution >= 0.6 is 0 Å². The first-order valence-electron chi connectivity index (χ1n) is 5.21. The highest BCUT2D eigenvalue weighted by molar-refractivity contribution is 5.30. The molecule has 2 rings (SSSR count). The van der Waals surface area contributed by atoms with E-state index in [9.17, 15) is 4.39 Å². The van der Waals surface area contributed by atoms with Crippen molar-refractivity contribution in [2.24, 2.45) is 5.84 Å². The number of nitrogens with two attached hydrogens (primary N) is 1. The molecule has 0 aliphatic heterocycles. The number of halogens is 1. The number of aromatic nitrogens is 2. The van der Waals surface area contributed by atoms with Crippen LogP contribution in [0.1, 0.15) is 23.0 Å². The Morgan fingerprint density at radius 3 is 2.65 bits per heavy atom. The van der Waals surface area contributed by atoms with Crippen molar-refractivity contribution in [3.05, 3.63) is 59.4 Å². The summed E-state index contributed by atoms with van der Waals surface area (Å²) in [6.45, 7) is 1.89. The average Bonchev–Trinajstić information content (AvgIpc) is 2.36. The molecule has 2 aromatic rings. The molecule has 0 fully saturated rings. The van der Waals surface area contributed by atoms with Gasteiger partial charge < -0.3 is 0 Å². The quantitative estimate of drug-likeness (QED) is 0.621. The maximum atomic E-state index is 13.7. The lowest BCUT2D eigenvalue weighted by Gasteiger charge is -2.15. The summed E-state index contributed by atoms with van der Waals surface area (Å²) < 4.78 is 13.7. The molecule has 0 aliphatic rings. The van der Waals surface area contributed by atoms with Crippen molar-refractivity contribution in [1.29, 1.82) is 0 Å². The maximum absolute atomic E-state index is 13.7. The van der Waals surface area contributed by atoms with Gasteiger partial charge >= 0.3 is 0 Å². The molecule has 0 saturated carbocycles. The number of nitrogens with zero attached hydrogens (tertiary/aromatic N) is 2. The van der Waals surface area contributed by atoms with Crippen molar-refractivity contribution in [3.63, 3.8) is 0 Å². The molecular weight excluding hydrogens is 219 g/mol. The van der Waals surface area contributed by atoms with Crippen molar-refractivity contribution in [1.82, 2.24) is 15.4 Å². The van der Waals surface area contributed by atoms with Crippen molar-refractivity contribution in [3.8, 4) is 0 Å². The highest BCUT2D eigenvalue weighted by atomic mass is 19.1. The lowest BCUT2D eigenvalue weighted by Crippen LogP contribution is -2.31. The van der Waals surface area contributed by atoms with Crippen molar-refractivity contribution >= 4 is 0 Å². The third-order valence-corrected chi connectivity index (χ3v) is 2.47. The van der Waals surface area contributed by atoms with Crippen LogP contribution in [0, 0.1) is 12.7 Å². The van der Waals surface area contributed by atoms with Crippen LogP contribution < -0.4 is 11.3 Å². The fourth-order valence-corrected chi connectivity index (χ4v) is 1.65. The molecule has 3 N–H and O–H groups in total. The van der Waals surface area contributed by atoms with Gasteiger partial charge in [-0.3, -0.25) is 5.84 Å². The Balaban J connectivity index is 2.46. The van der Waals surface area contributed by atoms with Crippen LogP contribution in [0.5, 0.6) is 0 Å². The van der Waals surface area contributed by atoms with Gasteiger partial charge in [0.25, 0.3) is 0 Å². The summed E-state index contributed by atoms with van der Waals surface area (Å²) in [5, 5.41) is 0. The maximum Gasteiger partial charge on any atom is 0.151 e. The number of hydrogen-bond donors (Lipinski definition) is 2. The molecule has 88 valence electrons. The highest BCUT2D eigenvalue weighted by Gasteiger charge is 2.18. The molecule has 1 aromatic heterocycles. The van der Waals surface area contributed by atoms with E-state index in [0.717, 1.165) is 5.56 Å². The molecule has 1 unspecified atom stereocenters. The Kier molecular flexibility index (Phi) is 3.41. The summed E-state index contributed by atoms with van der Waals surface area (Å²) in [6.07, 6.45) is 3.20. The lowest BCUT2D eigenvalue weighted by atomic mass is 10.0. The number of hydrogen-bond acceptors (Lipinski definition) is 4. The van der Waals surface area contributed by atoms with Gasteiger partial charge in [-0.2, -0.15) is 0 Å². The molecule has 17 heavy (non-hydrogen) atoms. The van der Waals surface area contributed by atoms with E-state index < -0.39 is 6.04 Å². The second-order valence-electron chi connectivity index (χ2n) is 3.73. The van der Waals surface area contributed by atoms with Gasteiger partial charge in [0.1, 0.15) is 11.9 Å². The van der Waals surface area contributed by atoms with Crippen LogP contribution in [0.25, 0.3) is 0 Å². The van der Waals surface area contributed by atoms with Crippen LogP contribution in [-0.2, 0) is 0 Å². The molecule has 1 heterocycles. The standard InChI is InChI=1S/C12H13FN4/c1-8-3-4-10(13)9(7-8)11(17-14)12-15-5-2-6-16-12/h2-7,11,17H,14H2,1H3. The van der Waals surface area contributed by atoms with Crippen LogP contribution in [0.3, 0.4) is 0 Å². The summed E-state index contributed by atoms with van der Waals surface area (Å²) in [4.78, 5) is 8.15. The van der Waals surface area contributed by atoms with E-state index in [4.69, 9.17) is 5.84 Å². The van der Waals surface area contributed by atoms with Gasteiger partial charge in [-0.15, -0.1) is 0 Å². The van der Waals surface area contributed by atoms with Crippen LogP contribution in [0.15, 0.2) is 36.7 Å². The fourth-order valence-electron chi connectivity index (χ4n) is 1.65. The van der Waals surface area contributed by atoms with Crippen LogP contribution in [0.4, 0.5) is 4.39 Å². The topological polar surface area (TPSA) is 63.8 Å². The van der Waals surface area contributed by atoms with E-state index in [-0.39, 0.29) is 5.82 Å². The Morgan fingerprint density at radius 2 is 2.00 bits per heavy atom. The Labute approximate surface area is 98.7 Å². The molecular formula is C12H13FN4. The summed E-state index contributed by atoms with van der Waals surface area (Å²) in [7, 11) is 0. The first kappa shape index (κ1) is 11.6. The summed E-state index contributed by atoms with van der Waals surface area (Å²) in [6, 6.07) is 6.01. The summed E-state index contributed by atoms with van der Waals surface area (Å²) >= 11 is 0. The van der Waals surface area contributed by atoms with Crippen LogP contribution in [-0.4, -0.2) is 9.97 Å². The Bertz CT molecular complexity index is 501. The average molecular weight is 232 g/mol. The predicted molar refractivity (Wildman–Crippen MR) is 62.3 cm³/mol. The van der Waals surface area contributed by atoms with Gasteiger partial charge in [0.2, 0.25) is 0 Å². The number of hydrazine groups is 1. The molecule has 0 radical (unpaired) electrons. The molecule has 4 nitrogen and oxygen atoms in total. The molecule has 0 bridgehead atoms. The van der Waals surface area contributed by atoms with E-state index >= 15 is 0 Å². The minimum atomic E-state index is -0.545. The minimum absolute atomic E-state index is 0.328. The SMILES string of the molecule is Cc1ccc(F)c(C(NN)c2ncccn2)c1. The Morgan fingerprint density at radius 1 is 1.29 bits per heavy atom. The van der Waals surface area contributed by atoms with E-state index in [1.165, 1.54) is 6.07 Å². The Hall–Kier alpha value is -1.85. The third kappa shape index (κ3) is 2.46. The molecule has 1 aromatic carbocycles. The van der Waals surface area contributed by atoms with Crippen LogP contribution in [0.2, 0.25) is 0 Å². The number of nitrogens with one attached hydrogen (secondary N) is 1. The van der Waals surface area contributed by atoms with Crippen molar-refractivity contribution < 1.29 is 4.39 Å². The largest absolute Gasteiger partial charge is 0.270 e. The van der Waals surface area contributed by atoms with Gasteiger partial charge in [0.05, 0.1) is 0 Å². The zero-order chi connectivity index (χ0) is 12.3. The second kappa shape index (κ2) is 4.99. The van der Waals surface area contributed by atoms with Gasteiger partial charge in [-0.1, -0.05) is 17.7 Å². The van der Waals surface area contributed by atoms with E-state index in [0.29, 0.717) is 11.4 Å². The predicted octanol–water partition coefficient (Wildman–Crippen LogP) is 1.48. The van der Waals surface area contributed by atoms with Gasteiger partial charge in [0.15, 0.2) is 5.82 Å². The number of benzene rings is 1. The first-order valence-corrected chi connectivity index (χ1v) is 5.21. The monoisotopic (exact) mass is 232 g/mol.